The minimum absolute atomic E-state index is 0.0366. The number of hydrogen-bond acceptors (Lipinski definition) is 3. The summed E-state index contributed by atoms with van der Waals surface area (Å²) in [6, 6.07) is 7.97. The number of nitrogens with two attached hydrogens (primary N) is 1. The Bertz CT molecular complexity index is 452. The van der Waals surface area contributed by atoms with Crippen molar-refractivity contribution in [1.29, 1.82) is 0 Å². The predicted molar refractivity (Wildman–Crippen MR) is 86.3 cm³/mol. The van der Waals surface area contributed by atoms with Gasteiger partial charge in [0.2, 0.25) is 0 Å². The smallest absolute Gasteiger partial charge is 0.321 e. The molecule has 0 saturated carbocycles. The molecule has 0 aliphatic carbocycles. The summed E-state index contributed by atoms with van der Waals surface area (Å²) < 4.78 is 0. The van der Waals surface area contributed by atoms with Crippen molar-refractivity contribution in [3.8, 4) is 0 Å². The molecule has 0 atom stereocenters. The Hall–Kier alpha value is -1.59. The third kappa shape index (κ3) is 4.19. The molecule has 0 aromatic heterocycles. The Morgan fingerprint density at radius 2 is 1.95 bits per heavy atom. The van der Waals surface area contributed by atoms with Gasteiger partial charge in [-0.25, -0.2) is 4.79 Å². The van der Waals surface area contributed by atoms with Gasteiger partial charge in [0.25, 0.3) is 0 Å². The van der Waals surface area contributed by atoms with Gasteiger partial charge in [-0.15, -0.1) is 0 Å². The van der Waals surface area contributed by atoms with Gasteiger partial charge in [-0.05, 0) is 37.1 Å². The number of likely N-dealkylation sites (tertiary alicyclic amines) is 1. The highest BCUT2D eigenvalue weighted by Crippen LogP contribution is 2.17. The van der Waals surface area contributed by atoms with Crippen LogP contribution in [0.5, 0.6) is 0 Å². The first-order valence-electron chi connectivity index (χ1n) is 7.69. The fourth-order valence-corrected chi connectivity index (χ4v) is 2.72. The van der Waals surface area contributed by atoms with Crippen LogP contribution < -0.4 is 11.1 Å². The quantitative estimate of drug-likeness (QED) is 0.892. The van der Waals surface area contributed by atoms with Crippen molar-refractivity contribution in [2.75, 3.05) is 32.0 Å². The molecule has 0 spiro atoms. The predicted octanol–water partition coefficient (Wildman–Crippen LogP) is 2.09. The van der Waals surface area contributed by atoms with Gasteiger partial charge in [0.15, 0.2) is 0 Å². The average Bonchev–Trinajstić information content (AvgIpc) is 2.55. The molecule has 116 valence electrons. The molecular formula is C16H26N4O. The fourth-order valence-electron chi connectivity index (χ4n) is 2.72. The number of amides is 2. The van der Waals surface area contributed by atoms with Crippen LogP contribution in [-0.2, 0) is 6.54 Å². The number of benzene rings is 1. The van der Waals surface area contributed by atoms with Gasteiger partial charge in [-0.2, -0.15) is 0 Å². The van der Waals surface area contributed by atoms with E-state index in [2.05, 4.69) is 17.1 Å². The molecule has 3 N–H and O–H groups in total. The monoisotopic (exact) mass is 290 g/mol. The van der Waals surface area contributed by atoms with Gasteiger partial charge in [-0.1, -0.05) is 19.1 Å². The van der Waals surface area contributed by atoms with Crippen molar-refractivity contribution in [2.45, 2.75) is 32.4 Å². The van der Waals surface area contributed by atoms with Gasteiger partial charge in [0.05, 0.1) is 0 Å². The second kappa shape index (κ2) is 7.43. The van der Waals surface area contributed by atoms with Crippen LogP contribution in [0.25, 0.3) is 0 Å². The maximum absolute atomic E-state index is 12.3. The van der Waals surface area contributed by atoms with Gasteiger partial charge < -0.3 is 20.9 Å². The third-order valence-electron chi connectivity index (χ3n) is 4.31. The first kappa shape index (κ1) is 15.8. The van der Waals surface area contributed by atoms with Crippen LogP contribution in [0.15, 0.2) is 24.3 Å². The van der Waals surface area contributed by atoms with E-state index in [1.807, 2.05) is 36.2 Å². The largest absolute Gasteiger partial charge is 0.326 e. The van der Waals surface area contributed by atoms with Crippen molar-refractivity contribution in [3.63, 3.8) is 0 Å². The highest BCUT2D eigenvalue weighted by molar-refractivity contribution is 5.89. The molecule has 1 aliphatic heterocycles. The lowest BCUT2D eigenvalue weighted by Crippen LogP contribution is -2.46. The van der Waals surface area contributed by atoms with Gasteiger partial charge in [0.1, 0.15) is 0 Å². The lowest BCUT2D eigenvalue weighted by molar-refractivity contribution is 0.145. The lowest BCUT2D eigenvalue weighted by atomic mass is 10.0. The third-order valence-corrected chi connectivity index (χ3v) is 4.31. The number of anilines is 1. The first-order chi connectivity index (χ1) is 10.1. The zero-order valence-corrected chi connectivity index (χ0v) is 13.0. The Kier molecular flexibility index (Phi) is 5.59. The minimum atomic E-state index is -0.0366. The summed E-state index contributed by atoms with van der Waals surface area (Å²) in [4.78, 5) is 16.6. The highest BCUT2D eigenvalue weighted by Gasteiger charge is 2.24. The standard InChI is InChI=1S/C16H26N4O/c1-3-20-10-8-15(9-11-20)19(2)16(21)18-14-6-4-13(12-17)5-7-14/h4-7,15H,3,8-12,17H2,1-2H3,(H,18,21). The van der Waals surface area contributed by atoms with Gasteiger partial charge >= 0.3 is 6.03 Å². The number of carbonyl (C=O) groups is 1. The molecule has 1 saturated heterocycles. The summed E-state index contributed by atoms with van der Waals surface area (Å²) in [5.74, 6) is 0. The molecule has 1 fully saturated rings. The molecule has 21 heavy (non-hydrogen) atoms. The van der Waals surface area contributed by atoms with Crippen LogP contribution in [-0.4, -0.2) is 48.6 Å². The highest BCUT2D eigenvalue weighted by atomic mass is 16.2. The Morgan fingerprint density at radius 1 is 1.33 bits per heavy atom. The van der Waals surface area contributed by atoms with Crippen LogP contribution in [0.1, 0.15) is 25.3 Å². The number of hydrogen-bond donors (Lipinski definition) is 2. The van der Waals surface area contributed by atoms with Crippen molar-refractivity contribution >= 4 is 11.7 Å². The summed E-state index contributed by atoms with van der Waals surface area (Å²) in [5.41, 5.74) is 7.45. The van der Waals surface area contributed by atoms with Crippen LogP contribution in [0.3, 0.4) is 0 Å². The Labute approximate surface area is 127 Å². The van der Waals surface area contributed by atoms with E-state index in [0.717, 1.165) is 43.7 Å². The first-order valence-corrected chi connectivity index (χ1v) is 7.69. The molecule has 1 heterocycles. The van der Waals surface area contributed by atoms with E-state index in [4.69, 9.17) is 5.73 Å². The van der Waals surface area contributed by atoms with Crippen molar-refractivity contribution in [3.05, 3.63) is 29.8 Å². The van der Waals surface area contributed by atoms with E-state index in [-0.39, 0.29) is 6.03 Å². The van der Waals surface area contributed by atoms with E-state index in [0.29, 0.717) is 12.6 Å². The SMILES string of the molecule is CCN1CCC(N(C)C(=O)Nc2ccc(CN)cc2)CC1. The molecule has 0 radical (unpaired) electrons. The topological polar surface area (TPSA) is 61.6 Å². The molecule has 2 amide bonds. The normalized spacial score (nSPS) is 16.7. The second-order valence-electron chi connectivity index (χ2n) is 5.61. The number of rotatable bonds is 4. The molecule has 2 rings (SSSR count). The van der Waals surface area contributed by atoms with Crippen LogP contribution in [0.2, 0.25) is 0 Å². The number of piperidine rings is 1. The van der Waals surface area contributed by atoms with Crippen molar-refractivity contribution in [1.82, 2.24) is 9.80 Å². The molecule has 1 aromatic rings. The van der Waals surface area contributed by atoms with Crippen LogP contribution in [0.4, 0.5) is 10.5 Å². The van der Waals surface area contributed by atoms with Crippen molar-refractivity contribution in [2.24, 2.45) is 5.73 Å². The lowest BCUT2D eigenvalue weighted by Gasteiger charge is -2.36. The molecule has 5 heteroatoms. The summed E-state index contributed by atoms with van der Waals surface area (Å²) >= 11 is 0. The fraction of sp³-hybridized carbons (Fsp3) is 0.562. The zero-order valence-electron chi connectivity index (χ0n) is 13.0. The summed E-state index contributed by atoms with van der Waals surface area (Å²) in [7, 11) is 1.88. The Morgan fingerprint density at radius 3 is 2.48 bits per heavy atom. The number of nitrogens with one attached hydrogen (secondary N) is 1. The molecular weight excluding hydrogens is 264 g/mol. The van der Waals surface area contributed by atoms with Crippen LogP contribution >= 0.6 is 0 Å². The van der Waals surface area contributed by atoms with Crippen molar-refractivity contribution < 1.29 is 4.79 Å². The molecule has 1 aromatic carbocycles. The maximum Gasteiger partial charge on any atom is 0.321 e. The van der Waals surface area contributed by atoms with E-state index in [9.17, 15) is 4.79 Å². The minimum Gasteiger partial charge on any atom is -0.326 e. The van der Waals surface area contributed by atoms with Gasteiger partial charge in [-0.3, -0.25) is 0 Å². The molecule has 1 aliphatic rings. The van der Waals surface area contributed by atoms with E-state index < -0.39 is 0 Å². The second-order valence-corrected chi connectivity index (χ2v) is 5.61. The molecule has 0 unspecified atom stereocenters. The molecule has 0 bridgehead atoms. The zero-order chi connectivity index (χ0) is 15.2. The van der Waals surface area contributed by atoms with E-state index >= 15 is 0 Å². The average molecular weight is 290 g/mol. The summed E-state index contributed by atoms with van der Waals surface area (Å²) in [6.45, 7) is 5.94. The van der Waals surface area contributed by atoms with Gasteiger partial charge in [0, 0.05) is 38.4 Å². The summed E-state index contributed by atoms with van der Waals surface area (Å²) in [6.07, 6.45) is 2.09. The summed E-state index contributed by atoms with van der Waals surface area (Å²) in [5, 5.41) is 2.95. The number of carbonyl (C=O) groups excluding carboxylic acids is 1. The number of urea groups is 1. The maximum atomic E-state index is 12.3. The number of nitrogens with zero attached hydrogens (tertiary/aromatic N) is 2. The van der Waals surface area contributed by atoms with Crippen LogP contribution in [0, 0.1) is 0 Å². The van der Waals surface area contributed by atoms with E-state index in [1.54, 1.807) is 0 Å². The van der Waals surface area contributed by atoms with E-state index in [1.165, 1.54) is 0 Å². The molecule has 5 nitrogen and oxygen atoms in total. The Balaban J connectivity index is 1.87.